The number of carbonyl (C=O) groups is 1. The van der Waals surface area contributed by atoms with E-state index >= 15 is 0 Å². The molecule has 1 aromatic heterocycles. The summed E-state index contributed by atoms with van der Waals surface area (Å²) < 4.78 is 1.75. The van der Waals surface area contributed by atoms with Crippen molar-refractivity contribution >= 4 is 5.97 Å². The highest BCUT2D eigenvalue weighted by Gasteiger charge is 2.12. The molecule has 1 N–H and O–H groups in total. The number of rotatable bonds is 14. The number of nitrogens with zero attached hydrogens (tertiary/aromatic N) is 2. The highest BCUT2D eigenvalue weighted by molar-refractivity contribution is 5.68. The summed E-state index contributed by atoms with van der Waals surface area (Å²) in [6.07, 6.45) is 16.0. The van der Waals surface area contributed by atoms with Gasteiger partial charge < -0.3 is 9.67 Å². The van der Waals surface area contributed by atoms with Crippen molar-refractivity contribution in [2.45, 2.75) is 84.1 Å². The fourth-order valence-corrected chi connectivity index (χ4v) is 3.47. The van der Waals surface area contributed by atoms with E-state index in [1.54, 1.807) is 4.57 Å². The molecule has 2 rings (SSSR count). The molecule has 27 heavy (non-hydrogen) atoms. The predicted molar refractivity (Wildman–Crippen MR) is 111 cm³/mol. The molecule has 0 saturated carbocycles. The van der Waals surface area contributed by atoms with Crippen molar-refractivity contribution < 1.29 is 9.90 Å². The molecule has 0 amide bonds. The van der Waals surface area contributed by atoms with Crippen LogP contribution in [0.2, 0.25) is 0 Å². The average molecular weight is 371 g/mol. The zero-order valence-electron chi connectivity index (χ0n) is 16.7. The predicted octanol–water partition coefficient (Wildman–Crippen LogP) is 6.10. The third-order valence-electron chi connectivity index (χ3n) is 4.95. The lowest BCUT2D eigenvalue weighted by Gasteiger charge is -2.04. The molecular weight excluding hydrogens is 336 g/mol. The van der Waals surface area contributed by atoms with Crippen LogP contribution < -0.4 is 0 Å². The summed E-state index contributed by atoms with van der Waals surface area (Å²) in [4.78, 5) is 15.9. The molecule has 0 spiro atoms. The van der Waals surface area contributed by atoms with Crippen molar-refractivity contribution in [2.75, 3.05) is 0 Å². The van der Waals surface area contributed by atoms with Crippen LogP contribution in [0.25, 0.3) is 11.4 Å². The first-order valence-electron chi connectivity index (χ1n) is 10.5. The Morgan fingerprint density at radius 1 is 0.926 bits per heavy atom. The van der Waals surface area contributed by atoms with Crippen LogP contribution in [-0.2, 0) is 17.8 Å². The highest BCUT2D eigenvalue weighted by Crippen LogP contribution is 2.20. The van der Waals surface area contributed by atoms with Crippen molar-refractivity contribution in [1.82, 2.24) is 9.55 Å². The summed E-state index contributed by atoms with van der Waals surface area (Å²) in [7, 11) is 0. The van der Waals surface area contributed by atoms with Crippen LogP contribution in [0.3, 0.4) is 0 Å². The van der Waals surface area contributed by atoms with Gasteiger partial charge in [0.2, 0.25) is 0 Å². The molecule has 0 radical (unpaired) electrons. The van der Waals surface area contributed by atoms with Crippen molar-refractivity contribution in [3.8, 4) is 11.4 Å². The van der Waals surface area contributed by atoms with Gasteiger partial charge in [-0.05, 0) is 12.8 Å². The van der Waals surface area contributed by atoms with Crippen molar-refractivity contribution in [1.29, 1.82) is 0 Å². The Labute approximate surface area is 163 Å². The molecular formula is C23H34N2O2. The van der Waals surface area contributed by atoms with Crippen LogP contribution in [-0.4, -0.2) is 20.6 Å². The monoisotopic (exact) mass is 370 g/mol. The van der Waals surface area contributed by atoms with Gasteiger partial charge in [-0.15, -0.1) is 0 Å². The van der Waals surface area contributed by atoms with E-state index in [-0.39, 0.29) is 6.54 Å². The molecule has 0 saturated heterocycles. The van der Waals surface area contributed by atoms with E-state index in [0.717, 1.165) is 29.9 Å². The molecule has 0 unspecified atom stereocenters. The maximum Gasteiger partial charge on any atom is 0.323 e. The number of hydrogen-bond donors (Lipinski definition) is 1. The lowest BCUT2D eigenvalue weighted by atomic mass is 10.1. The number of aryl methyl sites for hydroxylation is 1. The van der Waals surface area contributed by atoms with Crippen LogP contribution >= 0.6 is 0 Å². The normalized spacial score (nSPS) is 11.0. The first kappa shape index (κ1) is 21.2. The molecule has 0 fully saturated rings. The lowest BCUT2D eigenvalue weighted by molar-refractivity contribution is -0.137. The number of hydrogen-bond acceptors (Lipinski definition) is 2. The summed E-state index contributed by atoms with van der Waals surface area (Å²) in [5.74, 6) is -0.0878. The third kappa shape index (κ3) is 7.98. The summed E-state index contributed by atoms with van der Waals surface area (Å²) in [5, 5.41) is 9.16. The minimum atomic E-state index is -0.838. The SMILES string of the molecule is CCCCCCCCCCCCc1cn(CC(=O)O)c(-c2ccccc2)n1. The van der Waals surface area contributed by atoms with Crippen molar-refractivity contribution in [3.63, 3.8) is 0 Å². The standard InChI is InChI=1S/C23H34N2O2/c1-2-3-4-5-6-7-8-9-10-14-17-21-18-25(19-22(26)27)23(24-21)20-15-12-11-13-16-20/h11-13,15-16,18H,2-10,14,17,19H2,1H3,(H,26,27). The van der Waals surface area contributed by atoms with Crippen LogP contribution in [0.4, 0.5) is 0 Å². The number of aromatic nitrogens is 2. The Morgan fingerprint density at radius 3 is 2.11 bits per heavy atom. The molecule has 0 bridgehead atoms. The quantitative estimate of drug-likeness (QED) is 0.409. The Morgan fingerprint density at radius 2 is 1.52 bits per heavy atom. The third-order valence-corrected chi connectivity index (χ3v) is 4.95. The molecule has 0 aliphatic rings. The fraction of sp³-hybridized carbons (Fsp3) is 0.565. The lowest BCUT2D eigenvalue weighted by Crippen LogP contribution is -2.09. The van der Waals surface area contributed by atoms with Crippen molar-refractivity contribution in [3.05, 3.63) is 42.2 Å². The van der Waals surface area contributed by atoms with E-state index in [1.165, 1.54) is 57.8 Å². The Hall–Kier alpha value is -2.10. The number of imidazole rings is 1. The van der Waals surface area contributed by atoms with Gasteiger partial charge in [0.25, 0.3) is 0 Å². The van der Waals surface area contributed by atoms with Crippen LogP contribution in [0.5, 0.6) is 0 Å². The molecule has 2 aromatic rings. The highest BCUT2D eigenvalue weighted by atomic mass is 16.4. The van der Waals surface area contributed by atoms with Gasteiger partial charge in [0.15, 0.2) is 0 Å². The second-order valence-corrected chi connectivity index (χ2v) is 7.38. The van der Waals surface area contributed by atoms with E-state index in [9.17, 15) is 4.79 Å². The largest absolute Gasteiger partial charge is 0.480 e. The maximum absolute atomic E-state index is 11.2. The number of carboxylic acid groups (broad SMARTS) is 1. The van der Waals surface area contributed by atoms with Gasteiger partial charge in [-0.3, -0.25) is 4.79 Å². The summed E-state index contributed by atoms with van der Waals surface area (Å²) in [6, 6.07) is 9.82. The topological polar surface area (TPSA) is 55.1 Å². The molecule has 0 aliphatic heterocycles. The Balaban J connectivity index is 1.75. The van der Waals surface area contributed by atoms with Gasteiger partial charge >= 0.3 is 5.97 Å². The molecule has 1 aromatic carbocycles. The molecule has 1 heterocycles. The van der Waals surface area contributed by atoms with Gasteiger partial charge in [0.1, 0.15) is 12.4 Å². The first-order chi connectivity index (χ1) is 13.2. The van der Waals surface area contributed by atoms with Gasteiger partial charge in [-0.25, -0.2) is 4.98 Å². The summed E-state index contributed by atoms with van der Waals surface area (Å²) in [6.45, 7) is 2.21. The van der Waals surface area contributed by atoms with Gasteiger partial charge in [-0.2, -0.15) is 0 Å². The molecule has 0 atom stereocenters. The average Bonchev–Trinajstić information content (AvgIpc) is 3.06. The molecule has 0 aliphatic carbocycles. The Bertz CT molecular complexity index is 664. The zero-order valence-corrected chi connectivity index (χ0v) is 16.7. The van der Waals surface area contributed by atoms with Crippen LogP contribution in [0, 0.1) is 0 Å². The summed E-state index contributed by atoms with van der Waals surface area (Å²) >= 11 is 0. The number of unbranched alkanes of at least 4 members (excludes halogenated alkanes) is 9. The fourth-order valence-electron chi connectivity index (χ4n) is 3.47. The maximum atomic E-state index is 11.2. The second kappa shape index (κ2) is 12.3. The van der Waals surface area contributed by atoms with E-state index in [2.05, 4.69) is 6.92 Å². The van der Waals surface area contributed by atoms with Crippen molar-refractivity contribution in [2.24, 2.45) is 0 Å². The molecule has 4 heteroatoms. The van der Waals surface area contributed by atoms with E-state index in [4.69, 9.17) is 10.1 Å². The van der Waals surface area contributed by atoms with E-state index in [0.29, 0.717) is 0 Å². The zero-order chi connectivity index (χ0) is 19.3. The summed E-state index contributed by atoms with van der Waals surface area (Å²) in [5.41, 5.74) is 1.96. The van der Waals surface area contributed by atoms with Gasteiger partial charge in [0, 0.05) is 11.8 Å². The minimum Gasteiger partial charge on any atom is -0.480 e. The first-order valence-corrected chi connectivity index (χ1v) is 10.5. The van der Waals surface area contributed by atoms with Crippen LogP contribution in [0.1, 0.15) is 76.8 Å². The number of benzene rings is 1. The molecule has 4 nitrogen and oxygen atoms in total. The number of aliphatic carboxylic acids is 1. The van der Waals surface area contributed by atoms with E-state index in [1.807, 2.05) is 36.5 Å². The minimum absolute atomic E-state index is 0.0464. The Kier molecular flexibility index (Phi) is 9.67. The second-order valence-electron chi connectivity index (χ2n) is 7.38. The van der Waals surface area contributed by atoms with Gasteiger partial charge in [-0.1, -0.05) is 95.0 Å². The molecule has 148 valence electrons. The van der Waals surface area contributed by atoms with E-state index < -0.39 is 5.97 Å². The van der Waals surface area contributed by atoms with Crippen LogP contribution in [0.15, 0.2) is 36.5 Å². The number of carboxylic acids is 1. The smallest absolute Gasteiger partial charge is 0.323 e. The van der Waals surface area contributed by atoms with Gasteiger partial charge in [0.05, 0.1) is 5.69 Å².